The molecule has 0 fully saturated rings. The van der Waals surface area contributed by atoms with Crippen LogP contribution in [0.25, 0.3) is 33.8 Å². The average Bonchev–Trinajstić information content (AvgIpc) is 3.32. The molecule has 0 N–H and O–H groups in total. The van der Waals surface area contributed by atoms with E-state index >= 15 is 0 Å². The van der Waals surface area contributed by atoms with Crippen molar-refractivity contribution in [3.05, 3.63) is 90.0 Å². The van der Waals surface area contributed by atoms with Crippen LogP contribution in [-0.4, -0.2) is 24.3 Å². The Morgan fingerprint density at radius 3 is 2.33 bits per heavy atom. The molecule has 0 spiro atoms. The van der Waals surface area contributed by atoms with E-state index in [0.29, 0.717) is 0 Å². The van der Waals surface area contributed by atoms with Gasteiger partial charge in [-0.15, -0.1) is 18.2 Å². The van der Waals surface area contributed by atoms with E-state index in [9.17, 15) is 0 Å². The van der Waals surface area contributed by atoms with Crippen molar-refractivity contribution in [3.63, 3.8) is 0 Å². The minimum absolute atomic E-state index is 0. The molecule has 0 saturated heterocycles. The zero-order valence-corrected chi connectivity index (χ0v) is 19.3. The van der Waals surface area contributed by atoms with Crippen LogP contribution in [0.4, 0.5) is 0 Å². The molecule has 3 aromatic carbocycles. The molecule has 5 rings (SSSR count). The Labute approximate surface area is 188 Å². The summed E-state index contributed by atoms with van der Waals surface area (Å²) in [6.45, 7) is 6.20. The molecular weight excluding hydrogens is 551 g/mol. The second-order valence-corrected chi connectivity index (χ2v) is 7.15. The van der Waals surface area contributed by atoms with Crippen molar-refractivity contribution < 1.29 is 20.1 Å². The molecule has 5 aromatic rings. The first-order valence-corrected chi connectivity index (χ1v) is 9.57. The molecule has 30 heavy (non-hydrogen) atoms. The smallest absolute Gasteiger partial charge is 0.127 e. The maximum absolute atomic E-state index is 4.88. The van der Waals surface area contributed by atoms with Crippen molar-refractivity contribution in [3.8, 4) is 22.8 Å². The zero-order chi connectivity index (χ0) is 20.0. The van der Waals surface area contributed by atoms with E-state index in [2.05, 4.69) is 64.9 Å². The first kappa shape index (κ1) is 20.2. The zero-order valence-electron chi connectivity index (χ0n) is 16.9. The number of para-hydroxylation sites is 2. The molecule has 1 radical (unpaired) electrons. The molecule has 0 amide bonds. The van der Waals surface area contributed by atoms with Gasteiger partial charge in [0.1, 0.15) is 6.33 Å². The summed E-state index contributed by atoms with van der Waals surface area (Å²) in [6.07, 6.45) is 1.59. The van der Waals surface area contributed by atoms with Gasteiger partial charge in [0.2, 0.25) is 0 Å². The minimum atomic E-state index is 0. The van der Waals surface area contributed by atoms with Gasteiger partial charge in [-0.05, 0) is 49.5 Å². The summed E-state index contributed by atoms with van der Waals surface area (Å²) < 4.78 is 4.05. The fourth-order valence-corrected chi connectivity index (χ4v) is 3.95. The van der Waals surface area contributed by atoms with Gasteiger partial charge in [0, 0.05) is 31.3 Å². The molecule has 151 valence electrons. The molecule has 0 bridgehead atoms. The van der Waals surface area contributed by atoms with E-state index in [1.54, 1.807) is 6.33 Å². The van der Waals surface area contributed by atoms with E-state index < -0.39 is 0 Å². The summed E-state index contributed by atoms with van der Waals surface area (Å²) in [5.41, 5.74) is 7.17. The summed E-state index contributed by atoms with van der Waals surface area (Å²) >= 11 is 0. The van der Waals surface area contributed by atoms with Crippen LogP contribution in [0.15, 0.2) is 67.0 Å². The van der Waals surface area contributed by atoms with Gasteiger partial charge < -0.3 is 4.57 Å². The standard InChI is InChI=1S/C24H20N5.Ir/c1-16-9-7-10-17(2)23(16)29-24(25-15-26-29)20-13-8-14-21-22(20)27-18(3)28(21)19-11-5-4-6-12-19;/h4-12,14-15H,1-3H3;/q-1;. The second kappa shape index (κ2) is 7.98. The van der Waals surface area contributed by atoms with Crippen molar-refractivity contribution >= 4 is 11.0 Å². The van der Waals surface area contributed by atoms with Crippen molar-refractivity contribution in [2.45, 2.75) is 20.8 Å². The van der Waals surface area contributed by atoms with Crippen LogP contribution in [-0.2, 0) is 20.1 Å². The predicted octanol–water partition coefficient (Wildman–Crippen LogP) is 5.00. The van der Waals surface area contributed by atoms with Crippen LogP contribution in [0.5, 0.6) is 0 Å². The summed E-state index contributed by atoms with van der Waals surface area (Å²) in [5.74, 6) is 1.66. The van der Waals surface area contributed by atoms with E-state index in [-0.39, 0.29) is 20.1 Å². The number of rotatable bonds is 3. The van der Waals surface area contributed by atoms with Gasteiger partial charge in [-0.1, -0.05) is 42.0 Å². The first-order chi connectivity index (χ1) is 14.1. The molecule has 0 atom stereocenters. The number of nitrogens with zero attached hydrogens (tertiary/aromatic N) is 5. The van der Waals surface area contributed by atoms with Crippen molar-refractivity contribution in [2.75, 3.05) is 0 Å². The number of aromatic nitrogens is 5. The Balaban J connectivity index is 0.00000218. The normalized spacial score (nSPS) is 10.9. The molecule has 0 unspecified atom stereocenters. The monoisotopic (exact) mass is 571 g/mol. The summed E-state index contributed by atoms with van der Waals surface area (Å²) in [7, 11) is 0. The van der Waals surface area contributed by atoms with Gasteiger partial charge in [0.05, 0.1) is 17.3 Å². The van der Waals surface area contributed by atoms with E-state index in [1.165, 1.54) is 0 Å². The third kappa shape index (κ3) is 3.18. The topological polar surface area (TPSA) is 48.5 Å². The predicted molar refractivity (Wildman–Crippen MR) is 114 cm³/mol. The van der Waals surface area contributed by atoms with E-state index in [0.717, 1.165) is 50.7 Å². The Morgan fingerprint density at radius 1 is 0.867 bits per heavy atom. The Kier molecular flexibility index (Phi) is 5.37. The Hall–Kier alpha value is -3.08. The Morgan fingerprint density at radius 2 is 1.60 bits per heavy atom. The van der Waals surface area contributed by atoms with Crippen molar-refractivity contribution in [2.24, 2.45) is 0 Å². The van der Waals surface area contributed by atoms with E-state index in [1.807, 2.05) is 41.9 Å². The summed E-state index contributed by atoms with van der Waals surface area (Å²) in [4.78, 5) is 9.45. The number of imidazole rings is 1. The molecule has 0 saturated carbocycles. The SMILES string of the molecule is Cc1cccc(C)c1-n1ncnc1-c1[c-]ccc2c1nc(C)n2-c1ccccc1.[Ir]. The maximum atomic E-state index is 4.88. The fourth-order valence-electron chi connectivity index (χ4n) is 3.95. The fraction of sp³-hybridized carbons (Fsp3) is 0.125. The number of hydrogen-bond acceptors (Lipinski definition) is 3. The third-order valence-electron chi connectivity index (χ3n) is 5.22. The second-order valence-electron chi connectivity index (χ2n) is 7.15. The molecule has 6 heteroatoms. The van der Waals surface area contributed by atoms with Crippen LogP contribution >= 0.6 is 0 Å². The molecule has 2 aromatic heterocycles. The Bertz CT molecular complexity index is 1310. The molecule has 0 aliphatic heterocycles. The van der Waals surface area contributed by atoms with Gasteiger partial charge in [-0.3, -0.25) is 14.6 Å². The summed E-state index contributed by atoms with van der Waals surface area (Å²) in [5, 5.41) is 4.53. The molecule has 0 aliphatic carbocycles. The minimum Gasteiger partial charge on any atom is -0.315 e. The maximum Gasteiger partial charge on any atom is 0.127 e. The van der Waals surface area contributed by atoms with Gasteiger partial charge in [0.25, 0.3) is 0 Å². The molecule has 5 nitrogen and oxygen atoms in total. The van der Waals surface area contributed by atoms with Crippen LogP contribution < -0.4 is 0 Å². The molecular formula is C24H20IrN5-. The summed E-state index contributed by atoms with van der Waals surface area (Å²) in [6, 6.07) is 23.8. The van der Waals surface area contributed by atoms with Crippen LogP contribution in [0.3, 0.4) is 0 Å². The van der Waals surface area contributed by atoms with Crippen molar-refractivity contribution in [1.29, 1.82) is 0 Å². The number of fused-ring (bicyclic) bond motifs is 1. The first-order valence-electron chi connectivity index (χ1n) is 9.57. The molecule has 0 aliphatic rings. The van der Waals surface area contributed by atoms with Gasteiger partial charge >= 0.3 is 0 Å². The number of hydrogen-bond donors (Lipinski definition) is 0. The van der Waals surface area contributed by atoms with Gasteiger partial charge in [-0.2, -0.15) is 5.10 Å². The molecule has 2 heterocycles. The van der Waals surface area contributed by atoms with Crippen molar-refractivity contribution in [1.82, 2.24) is 24.3 Å². The average molecular weight is 571 g/mol. The number of aryl methyl sites for hydroxylation is 3. The third-order valence-corrected chi connectivity index (χ3v) is 5.22. The van der Waals surface area contributed by atoms with Crippen LogP contribution in [0, 0.1) is 26.8 Å². The largest absolute Gasteiger partial charge is 0.315 e. The quantitative estimate of drug-likeness (QED) is 0.287. The van der Waals surface area contributed by atoms with Crippen LogP contribution in [0.1, 0.15) is 17.0 Å². The van der Waals surface area contributed by atoms with Gasteiger partial charge in [-0.25, -0.2) is 0 Å². The van der Waals surface area contributed by atoms with Gasteiger partial charge in [0.15, 0.2) is 0 Å². The number of benzene rings is 3. The van der Waals surface area contributed by atoms with Crippen LogP contribution in [0.2, 0.25) is 0 Å². The van der Waals surface area contributed by atoms with E-state index in [4.69, 9.17) is 4.98 Å².